The molecule has 25 heavy (non-hydrogen) atoms. The van der Waals surface area contributed by atoms with Gasteiger partial charge in [-0.1, -0.05) is 39.0 Å². The molecule has 1 amide bonds. The summed E-state index contributed by atoms with van der Waals surface area (Å²) in [4.78, 5) is 27.5. The van der Waals surface area contributed by atoms with Crippen molar-refractivity contribution in [2.24, 2.45) is 11.8 Å². The van der Waals surface area contributed by atoms with Crippen molar-refractivity contribution in [2.75, 3.05) is 39.8 Å². The predicted molar refractivity (Wildman–Crippen MR) is 96.4 cm³/mol. The molecule has 6 heteroatoms. The van der Waals surface area contributed by atoms with Crippen molar-refractivity contribution in [2.45, 2.75) is 58.0 Å². The second-order valence-corrected chi connectivity index (χ2v) is 7.74. The molecule has 1 aliphatic heterocycles. The van der Waals surface area contributed by atoms with E-state index in [1.54, 1.807) is 11.9 Å². The number of carboxylic acid groups (broad SMARTS) is 1. The molecule has 0 aromatic heterocycles. The van der Waals surface area contributed by atoms with E-state index in [1.165, 1.54) is 25.7 Å². The van der Waals surface area contributed by atoms with Crippen molar-refractivity contribution in [3.63, 3.8) is 0 Å². The van der Waals surface area contributed by atoms with Gasteiger partial charge in [0.25, 0.3) is 0 Å². The third-order valence-corrected chi connectivity index (χ3v) is 5.45. The van der Waals surface area contributed by atoms with Gasteiger partial charge in [-0.2, -0.15) is 0 Å². The summed E-state index contributed by atoms with van der Waals surface area (Å²) < 4.78 is 5.76. The first-order chi connectivity index (χ1) is 12.0. The Morgan fingerprint density at radius 3 is 2.68 bits per heavy atom. The van der Waals surface area contributed by atoms with Gasteiger partial charge >= 0.3 is 5.97 Å². The fourth-order valence-electron chi connectivity index (χ4n) is 4.27. The van der Waals surface area contributed by atoms with E-state index >= 15 is 0 Å². The maximum absolute atomic E-state index is 13.0. The van der Waals surface area contributed by atoms with E-state index in [9.17, 15) is 9.59 Å². The van der Waals surface area contributed by atoms with Crippen LogP contribution in [0.15, 0.2) is 0 Å². The molecule has 2 atom stereocenters. The monoisotopic (exact) mass is 354 g/mol. The van der Waals surface area contributed by atoms with Crippen LogP contribution in [0.1, 0.15) is 51.9 Å². The molecular weight excluding hydrogens is 320 g/mol. The second-order valence-electron chi connectivity index (χ2n) is 7.74. The Kier molecular flexibility index (Phi) is 8.16. The molecule has 0 aromatic carbocycles. The summed E-state index contributed by atoms with van der Waals surface area (Å²) in [6.07, 6.45) is 8.12. The fraction of sp³-hybridized carbons (Fsp3) is 0.895. The number of carbonyl (C=O) groups is 2. The molecule has 6 nitrogen and oxygen atoms in total. The van der Waals surface area contributed by atoms with Gasteiger partial charge < -0.3 is 14.7 Å². The Hall–Kier alpha value is -1.14. The first-order valence-electron chi connectivity index (χ1n) is 9.80. The SMILES string of the molecule is CCCC(CC1CCCC1)C(=O)N1CCOC(CN(C)CC(=O)O)C1. The van der Waals surface area contributed by atoms with E-state index in [1.807, 2.05) is 4.90 Å². The van der Waals surface area contributed by atoms with E-state index in [0.717, 1.165) is 25.2 Å². The van der Waals surface area contributed by atoms with Crippen LogP contribution in [0.5, 0.6) is 0 Å². The number of amides is 1. The normalized spacial score (nSPS) is 23.2. The third-order valence-electron chi connectivity index (χ3n) is 5.45. The van der Waals surface area contributed by atoms with Gasteiger partial charge in [-0.05, 0) is 25.8 Å². The van der Waals surface area contributed by atoms with Gasteiger partial charge in [0.1, 0.15) is 0 Å². The molecule has 1 N–H and O–H groups in total. The van der Waals surface area contributed by atoms with Crippen LogP contribution in [-0.2, 0) is 14.3 Å². The lowest BCUT2D eigenvalue weighted by molar-refractivity contribution is -0.146. The topological polar surface area (TPSA) is 70.1 Å². The Labute approximate surface area is 151 Å². The highest BCUT2D eigenvalue weighted by molar-refractivity contribution is 5.79. The van der Waals surface area contributed by atoms with E-state index < -0.39 is 5.97 Å². The van der Waals surface area contributed by atoms with Crippen molar-refractivity contribution in [1.82, 2.24) is 9.80 Å². The molecule has 1 aliphatic carbocycles. The molecule has 0 radical (unpaired) electrons. The number of carboxylic acids is 1. The number of likely N-dealkylation sites (N-methyl/N-ethyl adjacent to an activating group) is 1. The summed E-state index contributed by atoms with van der Waals surface area (Å²) in [6, 6.07) is 0. The molecule has 0 bridgehead atoms. The van der Waals surface area contributed by atoms with Crippen LogP contribution in [0.25, 0.3) is 0 Å². The summed E-state index contributed by atoms with van der Waals surface area (Å²) in [6.45, 7) is 4.46. The summed E-state index contributed by atoms with van der Waals surface area (Å²) in [5.74, 6) is 0.302. The summed E-state index contributed by atoms with van der Waals surface area (Å²) >= 11 is 0. The average molecular weight is 354 g/mol. The van der Waals surface area contributed by atoms with Crippen molar-refractivity contribution >= 4 is 11.9 Å². The molecule has 0 aromatic rings. The minimum atomic E-state index is -0.842. The van der Waals surface area contributed by atoms with Crippen LogP contribution >= 0.6 is 0 Å². The van der Waals surface area contributed by atoms with E-state index in [-0.39, 0.29) is 24.5 Å². The molecule has 1 saturated heterocycles. The number of morpholine rings is 1. The molecule has 2 unspecified atom stereocenters. The van der Waals surface area contributed by atoms with Crippen LogP contribution < -0.4 is 0 Å². The lowest BCUT2D eigenvalue weighted by atomic mass is 9.89. The number of carbonyl (C=O) groups excluding carboxylic acids is 1. The molecule has 144 valence electrons. The largest absolute Gasteiger partial charge is 0.480 e. The molecular formula is C19H34N2O4. The Bertz CT molecular complexity index is 437. The van der Waals surface area contributed by atoms with Crippen molar-refractivity contribution < 1.29 is 19.4 Å². The number of aliphatic carboxylic acids is 1. The number of hydrogen-bond acceptors (Lipinski definition) is 4. The van der Waals surface area contributed by atoms with Gasteiger partial charge in [0.15, 0.2) is 0 Å². The number of nitrogens with zero attached hydrogens (tertiary/aromatic N) is 2. The zero-order valence-corrected chi connectivity index (χ0v) is 15.8. The van der Waals surface area contributed by atoms with Crippen LogP contribution in [0.2, 0.25) is 0 Å². The minimum absolute atomic E-state index is 0.00601. The Morgan fingerprint density at radius 2 is 2.04 bits per heavy atom. The number of ether oxygens (including phenoxy) is 1. The Balaban J connectivity index is 1.88. The van der Waals surface area contributed by atoms with Crippen LogP contribution in [0.4, 0.5) is 0 Å². The van der Waals surface area contributed by atoms with Gasteiger partial charge in [0.05, 0.1) is 19.3 Å². The van der Waals surface area contributed by atoms with Crippen molar-refractivity contribution in [3.8, 4) is 0 Å². The third kappa shape index (κ3) is 6.59. The lowest BCUT2D eigenvalue weighted by Gasteiger charge is -2.36. The fourth-order valence-corrected chi connectivity index (χ4v) is 4.27. The highest BCUT2D eigenvalue weighted by atomic mass is 16.5. The van der Waals surface area contributed by atoms with Crippen molar-refractivity contribution in [3.05, 3.63) is 0 Å². The van der Waals surface area contributed by atoms with Crippen molar-refractivity contribution in [1.29, 1.82) is 0 Å². The zero-order chi connectivity index (χ0) is 18.2. The Morgan fingerprint density at radius 1 is 1.32 bits per heavy atom. The predicted octanol–water partition coefficient (Wildman–Crippen LogP) is 2.23. The van der Waals surface area contributed by atoms with Gasteiger partial charge in [0.2, 0.25) is 5.91 Å². The summed E-state index contributed by atoms with van der Waals surface area (Å²) in [7, 11) is 1.78. The average Bonchev–Trinajstić information content (AvgIpc) is 3.06. The van der Waals surface area contributed by atoms with Crippen LogP contribution in [0.3, 0.4) is 0 Å². The van der Waals surface area contributed by atoms with E-state index in [4.69, 9.17) is 9.84 Å². The second kappa shape index (κ2) is 10.1. The maximum Gasteiger partial charge on any atom is 0.317 e. The standard InChI is InChI=1S/C19H34N2O4/c1-3-6-16(11-15-7-4-5-8-15)19(24)21-9-10-25-17(13-21)12-20(2)14-18(22)23/h15-17H,3-14H2,1-2H3,(H,22,23). The highest BCUT2D eigenvalue weighted by Crippen LogP contribution is 2.32. The maximum atomic E-state index is 13.0. The quantitative estimate of drug-likeness (QED) is 0.687. The van der Waals surface area contributed by atoms with Gasteiger partial charge in [-0.15, -0.1) is 0 Å². The van der Waals surface area contributed by atoms with Gasteiger partial charge in [-0.3, -0.25) is 14.5 Å². The zero-order valence-electron chi connectivity index (χ0n) is 15.8. The highest BCUT2D eigenvalue weighted by Gasteiger charge is 2.31. The van der Waals surface area contributed by atoms with Gasteiger partial charge in [0, 0.05) is 25.6 Å². The smallest absolute Gasteiger partial charge is 0.317 e. The first-order valence-corrected chi connectivity index (χ1v) is 9.80. The molecule has 2 fully saturated rings. The van der Waals surface area contributed by atoms with E-state index in [0.29, 0.717) is 26.2 Å². The molecule has 1 saturated carbocycles. The van der Waals surface area contributed by atoms with E-state index in [2.05, 4.69) is 6.92 Å². The minimum Gasteiger partial charge on any atom is -0.480 e. The lowest BCUT2D eigenvalue weighted by Crippen LogP contribution is -2.51. The summed E-state index contributed by atoms with van der Waals surface area (Å²) in [5, 5.41) is 8.87. The molecule has 2 rings (SSSR count). The van der Waals surface area contributed by atoms with Gasteiger partial charge in [-0.25, -0.2) is 0 Å². The molecule has 0 spiro atoms. The van der Waals surface area contributed by atoms with Crippen LogP contribution in [0, 0.1) is 11.8 Å². The summed E-state index contributed by atoms with van der Waals surface area (Å²) in [5.41, 5.74) is 0. The first kappa shape index (κ1) is 20.2. The number of rotatable bonds is 9. The molecule has 2 aliphatic rings. The molecule has 1 heterocycles. The number of hydrogen-bond donors (Lipinski definition) is 1. The van der Waals surface area contributed by atoms with Crippen LogP contribution in [-0.4, -0.2) is 72.7 Å².